The number of halogens is 1. The molecule has 2 saturated heterocycles. The summed E-state index contributed by atoms with van der Waals surface area (Å²) in [5, 5.41) is 10.8. The molecule has 0 amide bonds. The van der Waals surface area contributed by atoms with Crippen LogP contribution in [0, 0.1) is 0 Å². The average Bonchev–Trinajstić information content (AvgIpc) is 2.69. The van der Waals surface area contributed by atoms with Gasteiger partial charge in [0.15, 0.2) is 0 Å². The number of likely N-dealkylation sites (tertiary alicyclic amines) is 2. The van der Waals surface area contributed by atoms with Crippen LogP contribution in [0.15, 0.2) is 59.1 Å². The third kappa shape index (κ3) is 4.80. The monoisotopic (exact) mass is 428 g/mol. The molecule has 4 rings (SSSR count). The molecular weight excluding hydrogens is 400 g/mol. The zero-order valence-electron chi connectivity index (χ0n) is 15.8. The Morgan fingerprint density at radius 3 is 2.41 bits per heavy atom. The van der Waals surface area contributed by atoms with Gasteiger partial charge in [-0.05, 0) is 61.5 Å². The summed E-state index contributed by atoms with van der Waals surface area (Å²) < 4.78 is 1.12. The fraction of sp³-hybridized carbons (Fsp3) is 0.478. The van der Waals surface area contributed by atoms with E-state index < -0.39 is 0 Å². The molecule has 2 fully saturated rings. The first kappa shape index (κ1) is 19.1. The van der Waals surface area contributed by atoms with Crippen LogP contribution < -0.4 is 0 Å². The van der Waals surface area contributed by atoms with Crippen molar-refractivity contribution in [2.75, 3.05) is 26.2 Å². The predicted molar refractivity (Wildman–Crippen MR) is 114 cm³/mol. The van der Waals surface area contributed by atoms with E-state index in [2.05, 4.69) is 80.3 Å². The van der Waals surface area contributed by atoms with E-state index in [9.17, 15) is 5.11 Å². The number of rotatable bonds is 4. The van der Waals surface area contributed by atoms with Gasteiger partial charge in [0.2, 0.25) is 0 Å². The number of piperidine rings is 2. The quantitative estimate of drug-likeness (QED) is 0.787. The lowest BCUT2D eigenvalue weighted by Gasteiger charge is -2.44. The standard InChI is InChI=1S/C23H29BrN2O/c24-21-8-4-5-18(15-21)16-25-12-11-22(23(27)17-25)26-13-9-20(10-14-26)19-6-2-1-3-7-19/h1-8,15,20,22-23,27H,9-14,16-17H2/t22-,23-/m1/s1. The topological polar surface area (TPSA) is 26.7 Å². The number of aliphatic hydroxyl groups is 1. The van der Waals surface area contributed by atoms with Crippen LogP contribution in [0.4, 0.5) is 0 Å². The van der Waals surface area contributed by atoms with Gasteiger partial charge < -0.3 is 5.11 Å². The highest BCUT2D eigenvalue weighted by molar-refractivity contribution is 9.10. The van der Waals surface area contributed by atoms with E-state index in [4.69, 9.17) is 0 Å². The second-order valence-electron chi connectivity index (χ2n) is 8.01. The summed E-state index contributed by atoms with van der Waals surface area (Å²) in [6, 6.07) is 19.7. The second-order valence-corrected chi connectivity index (χ2v) is 8.93. The molecule has 0 saturated carbocycles. The highest BCUT2D eigenvalue weighted by Gasteiger charge is 2.34. The van der Waals surface area contributed by atoms with Gasteiger partial charge in [0.05, 0.1) is 6.10 Å². The molecule has 2 aromatic rings. The molecule has 0 spiro atoms. The highest BCUT2D eigenvalue weighted by atomic mass is 79.9. The smallest absolute Gasteiger partial charge is 0.0822 e. The number of β-amino-alcohol motifs (C(OH)–C–C–N with tert-alkyl or cyclic N) is 1. The summed E-state index contributed by atoms with van der Waals surface area (Å²) in [6.45, 7) is 4.96. The summed E-state index contributed by atoms with van der Waals surface area (Å²) in [4.78, 5) is 4.93. The molecule has 0 radical (unpaired) electrons. The first-order valence-electron chi connectivity index (χ1n) is 10.1. The normalized spacial score (nSPS) is 25.6. The largest absolute Gasteiger partial charge is 0.390 e. The molecule has 4 heteroatoms. The van der Waals surface area contributed by atoms with Crippen LogP contribution >= 0.6 is 15.9 Å². The van der Waals surface area contributed by atoms with Gasteiger partial charge in [-0.15, -0.1) is 0 Å². The molecule has 2 atom stereocenters. The van der Waals surface area contributed by atoms with Crippen molar-refractivity contribution in [3.8, 4) is 0 Å². The zero-order chi connectivity index (χ0) is 18.6. The minimum atomic E-state index is -0.251. The minimum absolute atomic E-state index is 0.251. The lowest BCUT2D eigenvalue weighted by atomic mass is 9.87. The van der Waals surface area contributed by atoms with Gasteiger partial charge in [0.1, 0.15) is 0 Å². The van der Waals surface area contributed by atoms with Crippen molar-refractivity contribution in [3.63, 3.8) is 0 Å². The Balaban J connectivity index is 1.29. The van der Waals surface area contributed by atoms with Gasteiger partial charge >= 0.3 is 0 Å². The van der Waals surface area contributed by atoms with Crippen LogP contribution in [0.25, 0.3) is 0 Å². The summed E-state index contributed by atoms with van der Waals surface area (Å²) in [7, 11) is 0. The van der Waals surface area contributed by atoms with E-state index in [0.717, 1.165) is 43.6 Å². The Kier molecular flexibility index (Phi) is 6.28. The molecule has 2 heterocycles. The summed E-state index contributed by atoms with van der Waals surface area (Å²) >= 11 is 3.55. The average molecular weight is 429 g/mol. The van der Waals surface area contributed by atoms with Crippen molar-refractivity contribution in [2.45, 2.75) is 43.9 Å². The van der Waals surface area contributed by atoms with Crippen LogP contribution in [0.1, 0.15) is 36.3 Å². The maximum absolute atomic E-state index is 10.8. The van der Waals surface area contributed by atoms with Gasteiger partial charge in [-0.2, -0.15) is 0 Å². The third-order valence-corrected chi connectivity index (χ3v) is 6.69. The van der Waals surface area contributed by atoms with Gasteiger partial charge in [0.25, 0.3) is 0 Å². The van der Waals surface area contributed by atoms with Crippen molar-refractivity contribution in [1.29, 1.82) is 0 Å². The maximum Gasteiger partial charge on any atom is 0.0822 e. The fourth-order valence-corrected chi connectivity index (χ4v) is 5.18. The summed E-state index contributed by atoms with van der Waals surface area (Å²) in [5.74, 6) is 0.677. The summed E-state index contributed by atoms with van der Waals surface area (Å²) in [5.41, 5.74) is 2.78. The molecule has 2 aromatic carbocycles. The zero-order valence-corrected chi connectivity index (χ0v) is 17.4. The molecule has 144 valence electrons. The molecule has 1 N–H and O–H groups in total. The van der Waals surface area contributed by atoms with Crippen molar-refractivity contribution in [3.05, 3.63) is 70.2 Å². The van der Waals surface area contributed by atoms with E-state index >= 15 is 0 Å². The van der Waals surface area contributed by atoms with E-state index in [1.165, 1.54) is 24.0 Å². The minimum Gasteiger partial charge on any atom is -0.390 e. The van der Waals surface area contributed by atoms with Crippen molar-refractivity contribution in [2.24, 2.45) is 0 Å². The van der Waals surface area contributed by atoms with Crippen LogP contribution in [-0.2, 0) is 6.54 Å². The maximum atomic E-state index is 10.8. The molecule has 0 unspecified atom stereocenters. The Morgan fingerprint density at radius 1 is 0.926 bits per heavy atom. The summed E-state index contributed by atoms with van der Waals surface area (Å²) in [6.07, 6.45) is 3.22. The Labute approximate surface area is 171 Å². The van der Waals surface area contributed by atoms with E-state index in [1.54, 1.807) is 0 Å². The molecule has 0 aromatic heterocycles. The number of nitrogens with zero attached hydrogens (tertiary/aromatic N) is 2. The van der Waals surface area contributed by atoms with Crippen LogP contribution in [-0.4, -0.2) is 53.2 Å². The Bertz CT molecular complexity index is 730. The Hall–Kier alpha value is -1.20. The first-order chi connectivity index (χ1) is 13.2. The van der Waals surface area contributed by atoms with Crippen LogP contribution in [0.5, 0.6) is 0 Å². The lowest BCUT2D eigenvalue weighted by molar-refractivity contribution is -0.0231. The van der Waals surface area contributed by atoms with Crippen molar-refractivity contribution >= 4 is 15.9 Å². The van der Waals surface area contributed by atoms with E-state index in [-0.39, 0.29) is 6.10 Å². The second kappa shape index (κ2) is 8.87. The van der Waals surface area contributed by atoms with Gasteiger partial charge in [0, 0.05) is 30.1 Å². The van der Waals surface area contributed by atoms with Gasteiger partial charge in [-0.25, -0.2) is 0 Å². The molecule has 2 aliphatic rings. The SMILES string of the molecule is O[C@@H]1CN(Cc2cccc(Br)c2)CC[C@H]1N1CCC(c2ccccc2)CC1. The van der Waals surface area contributed by atoms with Crippen LogP contribution in [0.3, 0.4) is 0 Å². The molecule has 27 heavy (non-hydrogen) atoms. The number of hydrogen-bond acceptors (Lipinski definition) is 3. The van der Waals surface area contributed by atoms with E-state index in [1.807, 2.05) is 0 Å². The third-order valence-electron chi connectivity index (χ3n) is 6.20. The predicted octanol–water partition coefficient (Wildman–Crippen LogP) is 4.26. The highest BCUT2D eigenvalue weighted by Crippen LogP contribution is 2.30. The fourth-order valence-electron chi connectivity index (χ4n) is 4.74. The van der Waals surface area contributed by atoms with Crippen molar-refractivity contribution in [1.82, 2.24) is 9.80 Å². The number of hydrogen-bond donors (Lipinski definition) is 1. The van der Waals surface area contributed by atoms with Gasteiger partial charge in [-0.3, -0.25) is 9.80 Å². The molecule has 3 nitrogen and oxygen atoms in total. The van der Waals surface area contributed by atoms with E-state index in [0.29, 0.717) is 12.0 Å². The Morgan fingerprint density at radius 2 is 1.70 bits per heavy atom. The molecular formula is C23H29BrN2O. The number of benzene rings is 2. The van der Waals surface area contributed by atoms with Crippen LogP contribution in [0.2, 0.25) is 0 Å². The van der Waals surface area contributed by atoms with Gasteiger partial charge in [-0.1, -0.05) is 58.4 Å². The number of aliphatic hydroxyl groups excluding tert-OH is 1. The lowest BCUT2D eigenvalue weighted by Crippen LogP contribution is -2.55. The molecule has 2 aliphatic heterocycles. The molecule has 0 aliphatic carbocycles. The first-order valence-corrected chi connectivity index (χ1v) is 10.9. The molecule has 0 bridgehead atoms. The van der Waals surface area contributed by atoms with Crippen molar-refractivity contribution < 1.29 is 5.11 Å².